The highest BCUT2D eigenvalue weighted by Gasteiger charge is 2.05. The van der Waals surface area contributed by atoms with Crippen molar-refractivity contribution in [2.45, 2.75) is 34.1 Å². The molecule has 0 atom stereocenters. The molecular formula is C13H18. The fourth-order valence-electron chi connectivity index (χ4n) is 1.45. The van der Waals surface area contributed by atoms with Crippen LogP contribution in [0.3, 0.4) is 0 Å². The molecule has 0 aliphatic heterocycles. The van der Waals surface area contributed by atoms with Crippen molar-refractivity contribution >= 4 is 0 Å². The smallest absolute Gasteiger partial charge is 0.00891 e. The van der Waals surface area contributed by atoms with E-state index in [-0.39, 0.29) is 0 Å². The molecule has 0 saturated carbocycles. The van der Waals surface area contributed by atoms with Gasteiger partial charge in [0, 0.05) is 0 Å². The molecule has 0 amide bonds. The third-order valence-corrected chi connectivity index (χ3v) is 2.75. The Balaban J connectivity index is 3.13. The summed E-state index contributed by atoms with van der Waals surface area (Å²) in [6.07, 6.45) is 5.56. The highest BCUT2D eigenvalue weighted by Crippen LogP contribution is 2.25. The zero-order valence-electron chi connectivity index (χ0n) is 9.07. The van der Waals surface area contributed by atoms with Crippen LogP contribution < -0.4 is 0 Å². The van der Waals surface area contributed by atoms with Gasteiger partial charge >= 0.3 is 0 Å². The van der Waals surface area contributed by atoms with E-state index in [2.05, 4.69) is 46.4 Å². The Morgan fingerprint density at radius 1 is 1.31 bits per heavy atom. The van der Waals surface area contributed by atoms with Gasteiger partial charge in [-0.3, -0.25) is 0 Å². The van der Waals surface area contributed by atoms with Crippen molar-refractivity contribution in [1.82, 2.24) is 0 Å². The average Bonchev–Trinajstić information content (AvgIpc) is 2.19. The first kappa shape index (κ1) is 10.0. The molecule has 0 aromatic carbocycles. The lowest BCUT2D eigenvalue weighted by molar-refractivity contribution is 1.20. The summed E-state index contributed by atoms with van der Waals surface area (Å²) < 4.78 is 0. The monoisotopic (exact) mass is 174 g/mol. The van der Waals surface area contributed by atoms with E-state index in [0.717, 1.165) is 6.42 Å². The summed E-state index contributed by atoms with van der Waals surface area (Å²) in [4.78, 5) is 0. The molecule has 0 aromatic heterocycles. The van der Waals surface area contributed by atoms with Gasteiger partial charge < -0.3 is 0 Å². The quantitative estimate of drug-likeness (QED) is 0.559. The van der Waals surface area contributed by atoms with Gasteiger partial charge in [0.15, 0.2) is 0 Å². The van der Waals surface area contributed by atoms with Crippen LogP contribution in [0, 0.1) is 0 Å². The van der Waals surface area contributed by atoms with Crippen molar-refractivity contribution in [3.63, 3.8) is 0 Å². The van der Waals surface area contributed by atoms with Gasteiger partial charge in [-0.25, -0.2) is 0 Å². The van der Waals surface area contributed by atoms with Crippen molar-refractivity contribution in [2.75, 3.05) is 0 Å². The van der Waals surface area contributed by atoms with Crippen LogP contribution in [0.2, 0.25) is 0 Å². The molecule has 0 unspecified atom stereocenters. The van der Waals surface area contributed by atoms with Crippen LogP contribution in [0.5, 0.6) is 0 Å². The zero-order valence-corrected chi connectivity index (χ0v) is 9.07. The fraction of sp³-hybridized carbons (Fsp3) is 0.385. The molecule has 1 aliphatic carbocycles. The van der Waals surface area contributed by atoms with E-state index in [1.54, 1.807) is 0 Å². The Morgan fingerprint density at radius 2 is 1.92 bits per heavy atom. The Labute approximate surface area is 81.4 Å². The van der Waals surface area contributed by atoms with E-state index in [1.807, 2.05) is 0 Å². The Kier molecular flexibility index (Phi) is 2.92. The number of hydrogen-bond donors (Lipinski definition) is 0. The van der Waals surface area contributed by atoms with Crippen molar-refractivity contribution in [3.05, 3.63) is 46.6 Å². The van der Waals surface area contributed by atoms with E-state index in [9.17, 15) is 0 Å². The third-order valence-electron chi connectivity index (χ3n) is 2.75. The van der Waals surface area contributed by atoms with Gasteiger partial charge in [0.2, 0.25) is 0 Å². The minimum Gasteiger partial charge on any atom is -0.0958 e. The average molecular weight is 174 g/mol. The normalized spacial score (nSPS) is 17.8. The first-order valence-electron chi connectivity index (χ1n) is 4.73. The summed E-state index contributed by atoms with van der Waals surface area (Å²) >= 11 is 0. The second kappa shape index (κ2) is 3.78. The van der Waals surface area contributed by atoms with Gasteiger partial charge in [0.25, 0.3) is 0 Å². The summed E-state index contributed by atoms with van der Waals surface area (Å²) in [5.41, 5.74) is 6.69. The van der Waals surface area contributed by atoms with Crippen molar-refractivity contribution in [1.29, 1.82) is 0 Å². The number of rotatable bonds is 1. The first-order valence-corrected chi connectivity index (χ1v) is 4.73. The summed E-state index contributed by atoms with van der Waals surface area (Å²) in [5, 5.41) is 0. The van der Waals surface area contributed by atoms with Crippen molar-refractivity contribution < 1.29 is 0 Å². The number of hydrogen-bond acceptors (Lipinski definition) is 0. The molecule has 70 valence electrons. The van der Waals surface area contributed by atoms with Crippen LogP contribution in [-0.4, -0.2) is 0 Å². The van der Waals surface area contributed by atoms with Crippen molar-refractivity contribution in [3.8, 4) is 0 Å². The van der Waals surface area contributed by atoms with Gasteiger partial charge in [-0.15, -0.1) is 0 Å². The summed E-state index contributed by atoms with van der Waals surface area (Å²) in [6.45, 7) is 12.6. The Hall–Kier alpha value is -1.04. The minimum absolute atomic E-state index is 1.02. The maximum Gasteiger partial charge on any atom is -0.00891 e. The lowest BCUT2D eigenvalue weighted by Gasteiger charge is -2.02. The highest BCUT2D eigenvalue weighted by atomic mass is 14.1. The van der Waals surface area contributed by atoms with Crippen LogP contribution in [0.1, 0.15) is 34.1 Å². The summed E-state index contributed by atoms with van der Waals surface area (Å²) in [6, 6.07) is 0. The second-order valence-corrected chi connectivity index (χ2v) is 3.85. The molecule has 0 heteroatoms. The van der Waals surface area contributed by atoms with Crippen LogP contribution >= 0.6 is 0 Å². The standard InChI is InChI=1S/C13H18/c1-9(2)13-7-6-10(3)12(5)11(4)8-13/h6,8H,1,7H2,2-5H3. The molecule has 0 bridgehead atoms. The molecular weight excluding hydrogens is 156 g/mol. The maximum absolute atomic E-state index is 3.98. The predicted molar refractivity (Wildman–Crippen MR) is 59.6 cm³/mol. The third kappa shape index (κ3) is 2.21. The van der Waals surface area contributed by atoms with Crippen molar-refractivity contribution in [2.24, 2.45) is 0 Å². The highest BCUT2D eigenvalue weighted by molar-refractivity contribution is 5.45. The Morgan fingerprint density at radius 3 is 2.46 bits per heavy atom. The zero-order chi connectivity index (χ0) is 10.0. The van der Waals surface area contributed by atoms with Crippen LogP contribution in [0.15, 0.2) is 46.6 Å². The van der Waals surface area contributed by atoms with Crippen LogP contribution in [0.25, 0.3) is 0 Å². The molecule has 0 saturated heterocycles. The van der Waals surface area contributed by atoms with Gasteiger partial charge in [-0.05, 0) is 50.8 Å². The van der Waals surface area contributed by atoms with E-state index in [4.69, 9.17) is 0 Å². The van der Waals surface area contributed by atoms with Crippen LogP contribution in [-0.2, 0) is 0 Å². The van der Waals surface area contributed by atoms with E-state index in [0.29, 0.717) is 0 Å². The maximum atomic E-state index is 3.98. The van der Waals surface area contributed by atoms with E-state index < -0.39 is 0 Å². The molecule has 0 radical (unpaired) electrons. The first-order chi connectivity index (χ1) is 6.02. The largest absolute Gasteiger partial charge is 0.0958 e. The molecule has 0 nitrogen and oxygen atoms in total. The molecule has 1 rings (SSSR count). The number of allylic oxidation sites excluding steroid dienone is 7. The molecule has 0 heterocycles. The second-order valence-electron chi connectivity index (χ2n) is 3.85. The Bertz CT molecular complexity index is 322. The fourth-order valence-corrected chi connectivity index (χ4v) is 1.45. The SMILES string of the molecule is C=C(C)C1=CC(C)=C(C)C(C)=CC1. The van der Waals surface area contributed by atoms with Crippen LogP contribution in [0.4, 0.5) is 0 Å². The molecule has 0 spiro atoms. The molecule has 1 aliphatic rings. The summed E-state index contributed by atoms with van der Waals surface area (Å²) in [7, 11) is 0. The van der Waals surface area contributed by atoms with Gasteiger partial charge in [0.05, 0.1) is 0 Å². The van der Waals surface area contributed by atoms with Gasteiger partial charge in [-0.2, -0.15) is 0 Å². The lowest BCUT2D eigenvalue weighted by Crippen LogP contribution is -1.82. The molecule has 0 fully saturated rings. The minimum atomic E-state index is 1.02. The predicted octanol–water partition coefficient (Wildman–Crippen LogP) is 4.18. The topological polar surface area (TPSA) is 0 Å². The van der Waals surface area contributed by atoms with Gasteiger partial charge in [0.1, 0.15) is 0 Å². The molecule has 0 N–H and O–H groups in total. The van der Waals surface area contributed by atoms with E-state index >= 15 is 0 Å². The summed E-state index contributed by atoms with van der Waals surface area (Å²) in [5.74, 6) is 0. The molecule has 13 heavy (non-hydrogen) atoms. The van der Waals surface area contributed by atoms with E-state index in [1.165, 1.54) is 27.9 Å². The molecule has 0 aromatic rings. The lowest BCUT2D eigenvalue weighted by atomic mass is 10.0. The van der Waals surface area contributed by atoms with Gasteiger partial charge in [-0.1, -0.05) is 29.9 Å².